The van der Waals surface area contributed by atoms with Crippen molar-refractivity contribution < 1.29 is 14.3 Å². The van der Waals surface area contributed by atoms with Crippen LogP contribution < -0.4 is 11.1 Å². The van der Waals surface area contributed by atoms with E-state index in [2.05, 4.69) is 25.6 Å². The van der Waals surface area contributed by atoms with Gasteiger partial charge in [-0.05, 0) is 23.3 Å². The summed E-state index contributed by atoms with van der Waals surface area (Å²) < 4.78 is 6.99. The molecule has 10 heteroatoms. The van der Waals surface area contributed by atoms with E-state index in [1.807, 2.05) is 24.3 Å². The Labute approximate surface area is 152 Å². The molecule has 3 aromatic heterocycles. The number of nitrogen functional groups attached to an aromatic ring is 1. The highest BCUT2D eigenvalue weighted by Gasteiger charge is 2.17. The number of fused-ring (bicyclic) bond motifs is 1. The summed E-state index contributed by atoms with van der Waals surface area (Å²) in [7, 11) is 0. The van der Waals surface area contributed by atoms with Crippen LogP contribution in [0.4, 0.5) is 10.7 Å². The van der Waals surface area contributed by atoms with Crippen LogP contribution in [0.5, 0.6) is 0 Å². The normalized spacial score (nSPS) is 11.0. The molecule has 0 fully saturated rings. The molecule has 0 spiro atoms. The number of anilines is 1. The summed E-state index contributed by atoms with van der Waals surface area (Å²) in [4.78, 5) is 19.3. The molecule has 27 heavy (non-hydrogen) atoms. The number of hydrogen-bond acceptors (Lipinski definition) is 7. The number of aromatic nitrogens is 5. The number of carboxylic acid groups (broad SMARTS) is 1. The fraction of sp³-hybridized carbons (Fsp3) is 0.118. The van der Waals surface area contributed by atoms with Gasteiger partial charge in [-0.15, -0.1) is 5.10 Å². The summed E-state index contributed by atoms with van der Waals surface area (Å²) >= 11 is 0. The Balaban J connectivity index is 1.73. The monoisotopic (exact) mass is 365 g/mol. The predicted octanol–water partition coefficient (Wildman–Crippen LogP) is 1.88. The molecule has 4 rings (SSSR count). The van der Waals surface area contributed by atoms with Gasteiger partial charge in [0.15, 0.2) is 16.9 Å². The molecule has 4 aromatic rings. The smallest absolute Gasteiger partial charge is 0.404 e. The maximum Gasteiger partial charge on any atom is 0.404 e. The molecule has 10 nitrogen and oxygen atoms in total. The summed E-state index contributed by atoms with van der Waals surface area (Å²) in [6.07, 6.45) is 0.454. The van der Waals surface area contributed by atoms with E-state index < -0.39 is 6.09 Å². The van der Waals surface area contributed by atoms with E-state index in [4.69, 9.17) is 15.3 Å². The van der Waals surface area contributed by atoms with Crippen molar-refractivity contribution in [3.05, 3.63) is 53.8 Å². The Morgan fingerprint density at radius 1 is 1.19 bits per heavy atom. The molecule has 0 bridgehead atoms. The fourth-order valence-electron chi connectivity index (χ4n) is 2.78. The molecule has 0 saturated heterocycles. The van der Waals surface area contributed by atoms with E-state index in [0.717, 1.165) is 11.1 Å². The number of rotatable bonds is 5. The topological polar surface area (TPSA) is 145 Å². The highest BCUT2D eigenvalue weighted by Crippen LogP contribution is 2.25. The van der Waals surface area contributed by atoms with Crippen molar-refractivity contribution in [1.82, 2.24) is 30.3 Å². The Bertz CT molecular complexity index is 1110. The molecule has 0 unspecified atom stereocenters. The molecule has 0 saturated carbocycles. The lowest BCUT2D eigenvalue weighted by molar-refractivity contribution is 0.194. The van der Waals surface area contributed by atoms with Crippen molar-refractivity contribution in [2.45, 2.75) is 13.1 Å². The summed E-state index contributed by atoms with van der Waals surface area (Å²) in [5, 5.41) is 19.6. The molecule has 0 aliphatic rings. The minimum Gasteiger partial charge on any atom is -0.465 e. The summed E-state index contributed by atoms with van der Waals surface area (Å²) in [6.45, 7) is 0.537. The van der Waals surface area contributed by atoms with Crippen molar-refractivity contribution in [3.8, 4) is 11.5 Å². The molecule has 136 valence electrons. The number of furan rings is 1. The zero-order valence-corrected chi connectivity index (χ0v) is 14.0. The molecule has 0 atom stereocenters. The van der Waals surface area contributed by atoms with Gasteiger partial charge in [-0.1, -0.05) is 29.5 Å². The van der Waals surface area contributed by atoms with E-state index >= 15 is 0 Å². The van der Waals surface area contributed by atoms with Crippen LogP contribution in [0, 0.1) is 0 Å². The first kappa shape index (κ1) is 16.5. The van der Waals surface area contributed by atoms with Crippen LogP contribution in [0.3, 0.4) is 0 Å². The average Bonchev–Trinajstić information content (AvgIpc) is 3.31. The van der Waals surface area contributed by atoms with Gasteiger partial charge in [0, 0.05) is 6.54 Å². The maximum atomic E-state index is 10.8. The van der Waals surface area contributed by atoms with E-state index in [0.29, 0.717) is 29.2 Å². The molecule has 4 N–H and O–H groups in total. The lowest BCUT2D eigenvalue weighted by Gasteiger charge is -2.09. The van der Waals surface area contributed by atoms with E-state index in [9.17, 15) is 4.79 Å². The van der Waals surface area contributed by atoms with Gasteiger partial charge in [-0.2, -0.15) is 4.98 Å². The number of nitrogens with zero attached hydrogens (tertiary/aromatic N) is 5. The minimum atomic E-state index is -1.08. The highest BCUT2D eigenvalue weighted by atomic mass is 16.4. The Kier molecular flexibility index (Phi) is 4.13. The first-order chi connectivity index (χ1) is 13.1. The van der Waals surface area contributed by atoms with Gasteiger partial charge in [0.2, 0.25) is 5.95 Å². The van der Waals surface area contributed by atoms with E-state index in [-0.39, 0.29) is 12.5 Å². The fourth-order valence-corrected chi connectivity index (χ4v) is 2.78. The van der Waals surface area contributed by atoms with Crippen molar-refractivity contribution in [1.29, 1.82) is 0 Å². The molecule has 1 amide bonds. The van der Waals surface area contributed by atoms with Crippen LogP contribution in [0.15, 0.2) is 47.1 Å². The van der Waals surface area contributed by atoms with Crippen molar-refractivity contribution >= 4 is 23.2 Å². The van der Waals surface area contributed by atoms with Crippen LogP contribution in [-0.2, 0) is 13.1 Å². The Morgan fingerprint density at radius 3 is 2.74 bits per heavy atom. The molecule has 0 aliphatic heterocycles. The molecular weight excluding hydrogens is 350 g/mol. The second-order valence-electron chi connectivity index (χ2n) is 5.75. The molecule has 1 aromatic carbocycles. The van der Waals surface area contributed by atoms with Gasteiger partial charge < -0.3 is 20.6 Å². The minimum absolute atomic E-state index is 0.0817. The molecular formula is C17H15N7O3. The summed E-state index contributed by atoms with van der Waals surface area (Å²) in [6, 6.07) is 11.0. The average molecular weight is 365 g/mol. The number of amides is 1. The van der Waals surface area contributed by atoms with Gasteiger partial charge in [-0.25, -0.2) is 14.5 Å². The maximum absolute atomic E-state index is 10.8. The second kappa shape index (κ2) is 6.75. The standard InChI is InChI=1S/C17H15N7O3/c18-16-20-13(12-6-3-7-27-12)14-15(21-16)24(23-22-14)9-11-5-2-1-4-10(11)8-19-17(25)26/h1-7,19H,8-9H2,(H,25,26)(H2,18,20,21). The number of carbonyl (C=O) groups is 1. The van der Waals surface area contributed by atoms with E-state index in [1.165, 1.54) is 6.26 Å². The first-order valence-corrected chi connectivity index (χ1v) is 8.06. The summed E-state index contributed by atoms with van der Waals surface area (Å²) in [5.41, 5.74) is 8.98. The number of hydrogen-bond donors (Lipinski definition) is 3. The number of benzene rings is 1. The largest absolute Gasteiger partial charge is 0.465 e. The number of nitrogens with two attached hydrogens (primary N) is 1. The first-order valence-electron chi connectivity index (χ1n) is 8.06. The van der Waals surface area contributed by atoms with Crippen molar-refractivity contribution in [2.24, 2.45) is 0 Å². The van der Waals surface area contributed by atoms with Crippen molar-refractivity contribution in [2.75, 3.05) is 5.73 Å². The van der Waals surface area contributed by atoms with Gasteiger partial charge in [0.1, 0.15) is 5.69 Å². The lowest BCUT2D eigenvalue weighted by atomic mass is 10.1. The Hall–Kier alpha value is -3.95. The zero-order valence-electron chi connectivity index (χ0n) is 14.0. The third-order valence-corrected chi connectivity index (χ3v) is 4.00. The number of nitrogens with one attached hydrogen (secondary N) is 1. The lowest BCUT2D eigenvalue weighted by Crippen LogP contribution is -2.21. The van der Waals surface area contributed by atoms with Gasteiger partial charge in [0.25, 0.3) is 0 Å². The molecule has 0 radical (unpaired) electrons. The SMILES string of the molecule is Nc1nc(-c2ccco2)c2nnn(Cc3ccccc3CNC(=O)O)c2n1. The molecule has 3 heterocycles. The van der Waals surface area contributed by atoms with Gasteiger partial charge in [-0.3, -0.25) is 0 Å². The van der Waals surface area contributed by atoms with E-state index in [1.54, 1.807) is 16.8 Å². The van der Waals surface area contributed by atoms with Crippen LogP contribution in [-0.4, -0.2) is 36.2 Å². The zero-order chi connectivity index (χ0) is 18.8. The van der Waals surface area contributed by atoms with Gasteiger partial charge in [0.05, 0.1) is 12.8 Å². The van der Waals surface area contributed by atoms with Crippen molar-refractivity contribution in [3.63, 3.8) is 0 Å². The highest BCUT2D eigenvalue weighted by molar-refractivity contribution is 5.85. The van der Waals surface area contributed by atoms with Gasteiger partial charge >= 0.3 is 6.09 Å². The van der Waals surface area contributed by atoms with Crippen LogP contribution in [0.2, 0.25) is 0 Å². The predicted molar refractivity (Wildman–Crippen MR) is 95.6 cm³/mol. The van der Waals surface area contributed by atoms with Crippen LogP contribution >= 0.6 is 0 Å². The third-order valence-electron chi connectivity index (χ3n) is 4.00. The third kappa shape index (κ3) is 3.27. The van der Waals surface area contributed by atoms with Crippen LogP contribution in [0.25, 0.3) is 22.6 Å². The quantitative estimate of drug-likeness (QED) is 0.486. The summed E-state index contributed by atoms with van der Waals surface area (Å²) in [5.74, 6) is 0.602. The molecule has 0 aliphatic carbocycles. The van der Waals surface area contributed by atoms with Crippen LogP contribution in [0.1, 0.15) is 11.1 Å². The second-order valence-corrected chi connectivity index (χ2v) is 5.75. The Morgan fingerprint density at radius 2 is 2.00 bits per heavy atom.